The average molecular weight is 400 g/mol. The van der Waals surface area contributed by atoms with Crippen LogP contribution in [0.15, 0.2) is 35.9 Å². The van der Waals surface area contributed by atoms with Gasteiger partial charge in [-0.05, 0) is 76.0 Å². The Kier molecular flexibility index (Phi) is 6.86. The first-order valence-electron chi connectivity index (χ1n) is 11.4. The van der Waals surface area contributed by atoms with E-state index in [1.54, 1.807) is 12.1 Å². The topological polar surface area (TPSA) is 35.6 Å². The van der Waals surface area contributed by atoms with Gasteiger partial charge in [0.25, 0.3) is 0 Å². The average Bonchev–Trinajstić information content (AvgIpc) is 3.29. The van der Waals surface area contributed by atoms with Crippen LogP contribution in [0.25, 0.3) is 0 Å². The van der Waals surface area contributed by atoms with Crippen LogP contribution in [0.3, 0.4) is 0 Å². The highest BCUT2D eigenvalue weighted by Crippen LogP contribution is 2.28. The Morgan fingerprint density at radius 1 is 1.07 bits per heavy atom. The first-order chi connectivity index (χ1) is 14.2. The molecule has 1 aromatic carbocycles. The summed E-state index contributed by atoms with van der Waals surface area (Å²) in [5, 5.41) is 3.26. The summed E-state index contributed by atoms with van der Waals surface area (Å²) in [5.41, 5.74) is 1.74. The summed E-state index contributed by atoms with van der Waals surface area (Å²) in [4.78, 5) is 17.0. The van der Waals surface area contributed by atoms with Gasteiger partial charge in [0.05, 0.1) is 5.69 Å². The van der Waals surface area contributed by atoms with E-state index in [2.05, 4.69) is 21.2 Å². The minimum absolute atomic E-state index is 0.117. The van der Waals surface area contributed by atoms with Crippen molar-refractivity contribution in [3.05, 3.63) is 41.7 Å². The van der Waals surface area contributed by atoms with Gasteiger partial charge in [0, 0.05) is 37.8 Å². The van der Waals surface area contributed by atoms with Crippen LogP contribution < -0.4 is 10.2 Å². The Hall–Kier alpha value is -1.88. The van der Waals surface area contributed by atoms with Crippen LogP contribution in [0.5, 0.6) is 0 Å². The molecule has 2 fully saturated rings. The molecule has 4 nitrogen and oxygen atoms in total. The van der Waals surface area contributed by atoms with E-state index in [1.165, 1.54) is 19.3 Å². The van der Waals surface area contributed by atoms with Gasteiger partial charge >= 0.3 is 0 Å². The zero-order chi connectivity index (χ0) is 20.1. The second-order valence-corrected chi connectivity index (χ2v) is 8.88. The number of para-hydroxylation sites is 1. The fourth-order valence-corrected chi connectivity index (χ4v) is 5.04. The lowest BCUT2D eigenvalue weighted by Gasteiger charge is -2.37. The SMILES string of the molecule is O=C(NC1CCC(CCN2CCN(c3ccccc3F)CC2)CC1)C1=CCCC1. The molecule has 0 spiro atoms. The third-order valence-corrected chi connectivity index (χ3v) is 6.93. The van der Waals surface area contributed by atoms with Crippen LogP contribution in [0.2, 0.25) is 0 Å². The third-order valence-electron chi connectivity index (χ3n) is 6.93. The summed E-state index contributed by atoms with van der Waals surface area (Å²) < 4.78 is 14.0. The minimum Gasteiger partial charge on any atom is -0.367 e. The monoisotopic (exact) mass is 399 g/mol. The van der Waals surface area contributed by atoms with Crippen LogP contribution in [0, 0.1) is 11.7 Å². The summed E-state index contributed by atoms with van der Waals surface area (Å²) >= 11 is 0. The molecule has 1 saturated heterocycles. The summed E-state index contributed by atoms with van der Waals surface area (Å²) in [7, 11) is 0. The van der Waals surface area contributed by atoms with Gasteiger partial charge in [-0.1, -0.05) is 18.2 Å². The second-order valence-electron chi connectivity index (χ2n) is 8.88. The molecule has 1 saturated carbocycles. The lowest BCUT2D eigenvalue weighted by atomic mass is 9.84. The maximum Gasteiger partial charge on any atom is 0.247 e. The zero-order valence-electron chi connectivity index (χ0n) is 17.4. The number of hydrogen-bond donors (Lipinski definition) is 1. The summed E-state index contributed by atoms with van der Waals surface area (Å²) in [6, 6.07) is 7.45. The number of carbonyl (C=O) groups is 1. The van der Waals surface area contributed by atoms with Gasteiger partial charge in [0.15, 0.2) is 0 Å². The van der Waals surface area contributed by atoms with Gasteiger partial charge < -0.3 is 10.2 Å². The summed E-state index contributed by atoms with van der Waals surface area (Å²) in [5.74, 6) is 0.839. The Morgan fingerprint density at radius 3 is 2.52 bits per heavy atom. The number of amides is 1. The highest BCUT2D eigenvalue weighted by molar-refractivity contribution is 5.93. The normalized spacial score (nSPS) is 25.7. The fourth-order valence-electron chi connectivity index (χ4n) is 5.04. The van der Waals surface area contributed by atoms with E-state index in [4.69, 9.17) is 0 Å². The zero-order valence-corrected chi connectivity index (χ0v) is 17.4. The Morgan fingerprint density at radius 2 is 1.83 bits per heavy atom. The molecule has 0 aromatic heterocycles. The fraction of sp³-hybridized carbons (Fsp3) is 0.625. The number of hydrogen-bond acceptors (Lipinski definition) is 3. The second kappa shape index (κ2) is 9.75. The van der Waals surface area contributed by atoms with Gasteiger partial charge in [0.2, 0.25) is 5.91 Å². The number of nitrogens with zero attached hydrogens (tertiary/aromatic N) is 2. The minimum atomic E-state index is -0.117. The molecule has 158 valence electrons. The molecule has 1 aliphatic heterocycles. The molecule has 0 bridgehead atoms. The molecule has 4 rings (SSSR count). The summed E-state index contributed by atoms with van der Waals surface area (Å²) in [6.07, 6.45) is 11.2. The molecule has 0 atom stereocenters. The van der Waals surface area contributed by atoms with E-state index in [1.807, 2.05) is 12.1 Å². The van der Waals surface area contributed by atoms with Crippen LogP contribution in [-0.2, 0) is 4.79 Å². The predicted octanol–water partition coefficient (Wildman–Crippen LogP) is 4.12. The van der Waals surface area contributed by atoms with Gasteiger partial charge in [-0.3, -0.25) is 9.69 Å². The van der Waals surface area contributed by atoms with Gasteiger partial charge in [-0.25, -0.2) is 4.39 Å². The number of benzene rings is 1. The molecule has 1 N–H and O–H groups in total. The largest absolute Gasteiger partial charge is 0.367 e. The molecule has 0 radical (unpaired) electrons. The number of piperazine rings is 1. The number of carbonyl (C=O) groups excluding carboxylic acids is 1. The maximum absolute atomic E-state index is 14.0. The highest BCUT2D eigenvalue weighted by Gasteiger charge is 2.25. The van der Waals surface area contributed by atoms with Crippen molar-refractivity contribution in [2.45, 2.75) is 57.4 Å². The van der Waals surface area contributed by atoms with Crippen LogP contribution in [-0.4, -0.2) is 49.6 Å². The molecule has 29 heavy (non-hydrogen) atoms. The molecule has 2 aliphatic carbocycles. The number of nitrogens with one attached hydrogen (secondary N) is 1. The van der Waals surface area contributed by atoms with Gasteiger partial charge in [-0.15, -0.1) is 0 Å². The number of anilines is 1. The van der Waals surface area contributed by atoms with E-state index < -0.39 is 0 Å². The van der Waals surface area contributed by atoms with E-state index >= 15 is 0 Å². The quantitative estimate of drug-likeness (QED) is 0.782. The van der Waals surface area contributed by atoms with Crippen molar-refractivity contribution in [1.29, 1.82) is 0 Å². The van der Waals surface area contributed by atoms with Gasteiger partial charge in [0.1, 0.15) is 5.82 Å². The van der Waals surface area contributed by atoms with Crippen molar-refractivity contribution >= 4 is 11.6 Å². The Balaban J connectivity index is 1.13. The molecule has 1 amide bonds. The van der Waals surface area contributed by atoms with Crippen molar-refractivity contribution in [1.82, 2.24) is 10.2 Å². The van der Waals surface area contributed by atoms with E-state index in [-0.39, 0.29) is 11.7 Å². The number of allylic oxidation sites excluding steroid dienone is 1. The lowest BCUT2D eigenvalue weighted by Crippen LogP contribution is -2.47. The number of rotatable bonds is 6. The van der Waals surface area contributed by atoms with E-state index in [0.717, 1.165) is 82.0 Å². The molecule has 0 unspecified atom stereocenters. The van der Waals surface area contributed by atoms with Crippen molar-refractivity contribution in [2.75, 3.05) is 37.6 Å². The molecule has 1 aromatic rings. The first kappa shape index (κ1) is 20.4. The molecular formula is C24H34FN3O. The van der Waals surface area contributed by atoms with Crippen LogP contribution >= 0.6 is 0 Å². The van der Waals surface area contributed by atoms with Crippen molar-refractivity contribution in [3.8, 4) is 0 Å². The Labute approximate surface area is 174 Å². The molecule has 1 heterocycles. The first-order valence-corrected chi connectivity index (χ1v) is 11.4. The third kappa shape index (κ3) is 5.39. The maximum atomic E-state index is 14.0. The van der Waals surface area contributed by atoms with Crippen molar-refractivity contribution in [3.63, 3.8) is 0 Å². The van der Waals surface area contributed by atoms with Gasteiger partial charge in [-0.2, -0.15) is 0 Å². The lowest BCUT2D eigenvalue weighted by molar-refractivity contribution is -0.118. The van der Waals surface area contributed by atoms with Crippen LogP contribution in [0.1, 0.15) is 51.4 Å². The number of halogens is 1. The van der Waals surface area contributed by atoms with Crippen LogP contribution in [0.4, 0.5) is 10.1 Å². The molecular weight excluding hydrogens is 365 g/mol. The van der Waals surface area contributed by atoms with Crippen molar-refractivity contribution in [2.24, 2.45) is 5.92 Å². The predicted molar refractivity (Wildman–Crippen MR) is 115 cm³/mol. The van der Waals surface area contributed by atoms with E-state index in [0.29, 0.717) is 6.04 Å². The van der Waals surface area contributed by atoms with E-state index in [9.17, 15) is 9.18 Å². The molecule has 5 heteroatoms. The summed E-state index contributed by atoms with van der Waals surface area (Å²) in [6.45, 7) is 4.95. The molecule has 3 aliphatic rings. The van der Waals surface area contributed by atoms with Crippen molar-refractivity contribution < 1.29 is 9.18 Å². The standard InChI is InChI=1S/C24H34FN3O/c25-22-7-3-4-8-23(22)28-17-15-27(16-18-28)14-13-19-9-11-21(12-10-19)26-24(29)20-5-1-2-6-20/h3-5,7-8,19,21H,1-2,6,9-18H2,(H,26,29). The smallest absolute Gasteiger partial charge is 0.247 e. The Bertz CT molecular complexity index is 719. The highest BCUT2D eigenvalue weighted by atomic mass is 19.1.